The van der Waals surface area contributed by atoms with E-state index in [1.807, 2.05) is 0 Å². The molecule has 60 valence electrons. The van der Waals surface area contributed by atoms with Crippen molar-refractivity contribution in [2.45, 2.75) is 6.42 Å². The van der Waals surface area contributed by atoms with Gasteiger partial charge in [-0.2, -0.15) is 0 Å². The van der Waals surface area contributed by atoms with Crippen LogP contribution in [0.3, 0.4) is 0 Å². The van der Waals surface area contributed by atoms with Gasteiger partial charge >= 0.3 is 0 Å². The van der Waals surface area contributed by atoms with Crippen molar-refractivity contribution in [2.24, 2.45) is 7.05 Å². The molecule has 0 bridgehead atoms. The minimum Gasteiger partial charge on any atom is -0.494 e. The molecular formula is C8H11NO2. The molecule has 0 radical (unpaired) electrons. The first-order chi connectivity index (χ1) is 5.16. The third-order valence-corrected chi connectivity index (χ3v) is 1.62. The van der Waals surface area contributed by atoms with E-state index >= 15 is 0 Å². The molecule has 0 amide bonds. The van der Waals surface area contributed by atoms with Crippen molar-refractivity contribution < 1.29 is 10.2 Å². The Morgan fingerprint density at radius 2 is 2.27 bits per heavy atom. The van der Waals surface area contributed by atoms with E-state index in [0.717, 1.165) is 0 Å². The summed E-state index contributed by atoms with van der Waals surface area (Å²) in [5.74, 6) is 0.168. The van der Waals surface area contributed by atoms with Crippen molar-refractivity contribution in [1.82, 2.24) is 4.57 Å². The van der Waals surface area contributed by atoms with Crippen LogP contribution in [0.2, 0.25) is 0 Å². The standard InChI is InChI=1S/C8H11NO2/c1-3-4-6-5-7(10)9(2)8(6)11/h3,5,10-11H,1,4H2,2H3. The van der Waals surface area contributed by atoms with Crippen LogP contribution in [-0.2, 0) is 13.5 Å². The Bertz CT molecular complexity index is 276. The fourth-order valence-electron chi connectivity index (χ4n) is 0.947. The van der Waals surface area contributed by atoms with Gasteiger partial charge in [0.25, 0.3) is 0 Å². The van der Waals surface area contributed by atoms with Crippen molar-refractivity contribution >= 4 is 0 Å². The zero-order valence-corrected chi connectivity index (χ0v) is 6.41. The highest BCUT2D eigenvalue weighted by molar-refractivity contribution is 5.35. The van der Waals surface area contributed by atoms with E-state index in [9.17, 15) is 5.11 Å². The molecule has 0 aliphatic carbocycles. The second kappa shape index (κ2) is 2.70. The summed E-state index contributed by atoms with van der Waals surface area (Å²) in [7, 11) is 1.59. The van der Waals surface area contributed by atoms with Gasteiger partial charge in [0.1, 0.15) is 0 Å². The zero-order chi connectivity index (χ0) is 8.43. The molecule has 2 N–H and O–H groups in total. The van der Waals surface area contributed by atoms with Crippen molar-refractivity contribution in [3.8, 4) is 11.8 Å². The maximum atomic E-state index is 9.30. The van der Waals surface area contributed by atoms with Gasteiger partial charge < -0.3 is 10.2 Å². The third-order valence-electron chi connectivity index (χ3n) is 1.62. The lowest BCUT2D eigenvalue weighted by atomic mass is 10.2. The Hall–Kier alpha value is -1.38. The number of aromatic hydroxyl groups is 2. The molecule has 3 nitrogen and oxygen atoms in total. The summed E-state index contributed by atoms with van der Waals surface area (Å²) in [6.07, 6.45) is 2.24. The van der Waals surface area contributed by atoms with Gasteiger partial charge in [-0.25, -0.2) is 0 Å². The Morgan fingerprint density at radius 3 is 2.64 bits per heavy atom. The first-order valence-electron chi connectivity index (χ1n) is 3.34. The predicted molar refractivity (Wildman–Crippen MR) is 42.6 cm³/mol. The highest BCUT2D eigenvalue weighted by atomic mass is 16.3. The van der Waals surface area contributed by atoms with Crippen LogP contribution in [0.15, 0.2) is 18.7 Å². The van der Waals surface area contributed by atoms with E-state index in [0.29, 0.717) is 12.0 Å². The van der Waals surface area contributed by atoms with Crippen LogP contribution in [0.5, 0.6) is 11.8 Å². The zero-order valence-electron chi connectivity index (χ0n) is 6.41. The predicted octanol–water partition coefficient (Wildman–Crippen LogP) is 1.16. The Morgan fingerprint density at radius 1 is 1.64 bits per heavy atom. The van der Waals surface area contributed by atoms with Crippen LogP contribution in [0.25, 0.3) is 0 Å². The van der Waals surface area contributed by atoms with E-state index in [2.05, 4.69) is 6.58 Å². The minimum atomic E-state index is 0.0688. The van der Waals surface area contributed by atoms with Gasteiger partial charge in [-0.15, -0.1) is 6.58 Å². The molecule has 1 heterocycles. The van der Waals surface area contributed by atoms with Crippen molar-refractivity contribution in [3.05, 3.63) is 24.3 Å². The van der Waals surface area contributed by atoms with Crippen molar-refractivity contribution in [3.63, 3.8) is 0 Å². The first kappa shape index (κ1) is 7.72. The molecule has 0 fully saturated rings. The number of nitrogens with zero attached hydrogens (tertiary/aromatic N) is 1. The van der Waals surface area contributed by atoms with Gasteiger partial charge in [0.2, 0.25) is 0 Å². The molecule has 0 unspecified atom stereocenters. The van der Waals surface area contributed by atoms with Gasteiger partial charge in [-0.05, 0) is 6.42 Å². The normalized spacial score (nSPS) is 9.91. The lowest BCUT2D eigenvalue weighted by molar-refractivity contribution is 0.385. The maximum Gasteiger partial charge on any atom is 0.197 e. The van der Waals surface area contributed by atoms with Gasteiger partial charge in [0.15, 0.2) is 11.8 Å². The molecule has 1 aromatic rings. The first-order valence-corrected chi connectivity index (χ1v) is 3.34. The lowest BCUT2D eigenvalue weighted by Crippen LogP contribution is -1.85. The third kappa shape index (κ3) is 1.22. The largest absolute Gasteiger partial charge is 0.494 e. The van der Waals surface area contributed by atoms with E-state index < -0.39 is 0 Å². The molecule has 1 aromatic heterocycles. The fraction of sp³-hybridized carbons (Fsp3) is 0.250. The second-order valence-electron chi connectivity index (χ2n) is 2.40. The fourth-order valence-corrected chi connectivity index (χ4v) is 0.947. The topological polar surface area (TPSA) is 45.4 Å². The lowest BCUT2D eigenvalue weighted by Gasteiger charge is -1.96. The number of hydrogen-bond acceptors (Lipinski definition) is 2. The Labute approximate surface area is 65.2 Å². The monoisotopic (exact) mass is 153 g/mol. The Kier molecular flexibility index (Phi) is 1.89. The van der Waals surface area contributed by atoms with E-state index in [-0.39, 0.29) is 11.8 Å². The van der Waals surface area contributed by atoms with Gasteiger partial charge in [-0.1, -0.05) is 6.08 Å². The van der Waals surface area contributed by atoms with Gasteiger partial charge in [0, 0.05) is 18.7 Å². The molecule has 1 rings (SSSR count). The summed E-state index contributed by atoms with van der Waals surface area (Å²) in [4.78, 5) is 0. The molecule has 0 atom stereocenters. The SMILES string of the molecule is C=CCc1cc(O)n(C)c1O. The van der Waals surface area contributed by atoms with Crippen LogP contribution in [-0.4, -0.2) is 14.8 Å². The quantitative estimate of drug-likeness (QED) is 0.626. The van der Waals surface area contributed by atoms with Crippen LogP contribution < -0.4 is 0 Å². The Balaban J connectivity index is 3.07. The highest BCUT2D eigenvalue weighted by Gasteiger charge is 2.07. The molecule has 0 aromatic carbocycles. The molecular weight excluding hydrogens is 142 g/mol. The summed E-state index contributed by atoms with van der Waals surface area (Å²) in [5.41, 5.74) is 0.694. The van der Waals surface area contributed by atoms with Crippen LogP contribution >= 0.6 is 0 Å². The molecule has 0 spiro atoms. The number of allylic oxidation sites excluding steroid dienone is 1. The maximum absolute atomic E-state index is 9.30. The summed E-state index contributed by atoms with van der Waals surface area (Å²) < 4.78 is 1.32. The van der Waals surface area contributed by atoms with Crippen molar-refractivity contribution in [2.75, 3.05) is 0 Å². The average molecular weight is 153 g/mol. The summed E-state index contributed by atoms with van der Waals surface area (Å²) in [6, 6.07) is 1.52. The number of rotatable bonds is 2. The van der Waals surface area contributed by atoms with Crippen LogP contribution in [0.4, 0.5) is 0 Å². The molecule has 0 saturated heterocycles. The molecule has 0 saturated carbocycles. The van der Waals surface area contributed by atoms with E-state index in [4.69, 9.17) is 5.11 Å². The molecule has 3 heteroatoms. The molecule has 11 heavy (non-hydrogen) atoms. The number of hydrogen-bond donors (Lipinski definition) is 2. The average Bonchev–Trinajstić information content (AvgIpc) is 2.19. The minimum absolute atomic E-state index is 0.0688. The highest BCUT2D eigenvalue weighted by Crippen LogP contribution is 2.25. The van der Waals surface area contributed by atoms with Gasteiger partial charge in [-0.3, -0.25) is 4.57 Å². The van der Waals surface area contributed by atoms with Crippen molar-refractivity contribution in [1.29, 1.82) is 0 Å². The summed E-state index contributed by atoms with van der Waals surface area (Å²) >= 11 is 0. The second-order valence-corrected chi connectivity index (χ2v) is 2.40. The van der Waals surface area contributed by atoms with Crippen LogP contribution in [0.1, 0.15) is 5.56 Å². The molecule has 0 aliphatic rings. The number of aromatic nitrogens is 1. The summed E-state index contributed by atoms with van der Waals surface area (Å²) in [6.45, 7) is 3.53. The van der Waals surface area contributed by atoms with Gasteiger partial charge in [0.05, 0.1) is 0 Å². The van der Waals surface area contributed by atoms with E-state index in [1.54, 1.807) is 13.1 Å². The van der Waals surface area contributed by atoms with Crippen LogP contribution in [0, 0.1) is 0 Å². The smallest absolute Gasteiger partial charge is 0.197 e. The molecule has 0 aliphatic heterocycles. The summed E-state index contributed by atoms with van der Waals surface area (Å²) in [5, 5.41) is 18.4. The van der Waals surface area contributed by atoms with E-state index in [1.165, 1.54) is 10.6 Å².